The van der Waals surface area contributed by atoms with Gasteiger partial charge in [0.15, 0.2) is 5.82 Å². The Morgan fingerprint density at radius 3 is 2.18 bits per heavy atom. The summed E-state index contributed by atoms with van der Waals surface area (Å²) in [4.78, 5) is 33.0. The van der Waals surface area contributed by atoms with Gasteiger partial charge in [0.1, 0.15) is 5.82 Å². The summed E-state index contributed by atoms with van der Waals surface area (Å²) < 4.78 is 19.0. The molecule has 9 nitrogen and oxygen atoms in total. The molecule has 0 amide bonds. The number of para-hydroxylation sites is 1. The van der Waals surface area contributed by atoms with E-state index in [0.717, 1.165) is 50.4 Å². The number of rotatable bonds is 9. The lowest BCUT2D eigenvalue weighted by atomic mass is 10.2. The van der Waals surface area contributed by atoms with E-state index in [1.165, 1.54) is 17.8 Å². The number of aromatic nitrogens is 2. The molecule has 0 spiro atoms. The predicted octanol–water partition coefficient (Wildman–Crippen LogP) is 3.89. The van der Waals surface area contributed by atoms with Gasteiger partial charge in [-0.05, 0) is 49.7 Å². The highest BCUT2D eigenvalue weighted by molar-refractivity contribution is 5.89. The first kappa shape index (κ1) is 28.3. The van der Waals surface area contributed by atoms with Crippen LogP contribution in [0.25, 0.3) is 11.4 Å². The summed E-state index contributed by atoms with van der Waals surface area (Å²) in [7, 11) is 0. The molecule has 1 fully saturated rings. The van der Waals surface area contributed by atoms with Crippen molar-refractivity contribution in [2.75, 3.05) is 44.2 Å². The third-order valence-corrected chi connectivity index (χ3v) is 5.66. The van der Waals surface area contributed by atoms with Gasteiger partial charge < -0.3 is 19.8 Å². The van der Waals surface area contributed by atoms with E-state index < -0.39 is 11.9 Å². The van der Waals surface area contributed by atoms with Crippen molar-refractivity contribution in [2.45, 2.75) is 13.3 Å². The highest BCUT2D eigenvalue weighted by Gasteiger charge is 2.16. The van der Waals surface area contributed by atoms with Crippen LogP contribution in [-0.4, -0.2) is 76.4 Å². The van der Waals surface area contributed by atoms with Crippen molar-refractivity contribution in [1.29, 1.82) is 0 Å². The van der Waals surface area contributed by atoms with Crippen LogP contribution >= 0.6 is 0 Å². The quantitative estimate of drug-likeness (QED) is 0.319. The van der Waals surface area contributed by atoms with Crippen molar-refractivity contribution < 1.29 is 28.9 Å². The molecule has 1 aliphatic heterocycles. The van der Waals surface area contributed by atoms with E-state index in [2.05, 4.69) is 50.1 Å². The molecule has 1 aromatic heterocycles. The van der Waals surface area contributed by atoms with Gasteiger partial charge in [0.25, 0.3) is 0 Å². The Hall–Kier alpha value is -4.31. The lowest BCUT2D eigenvalue weighted by Gasteiger charge is -2.36. The fourth-order valence-corrected chi connectivity index (χ4v) is 3.82. The lowest BCUT2D eigenvalue weighted by molar-refractivity contribution is -0.134. The minimum absolute atomic E-state index is 0.271. The molecule has 200 valence electrons. The van der Waals surface area contributed by atoms with Crippen LogP contribution in [0.4, 0.5) is 10.1 Å². The number of ether oxygens (including phenoxy) is 1. The van der Waals surface area contributed by atoms with E-state index in [9.17, 15) is 14.0 Å². The Balaban J connectivity index is 0.000000436. The number of piperazine rings is 1. The van der Waals surface area contributed by atoms with E-state index in [1.807, 2.05) is 13.0 Å². The monoisotopic (exact) mass is 522 g/mol. The Kier molecular flexibility index (Phi) is 10.7. The molecule has 2 aromatic carbocycles. The molecule has 38 heavy (non-hydrogen) atoms. The molecule has 0 saturated carbocycles. The molecule has 1 aliphatic rings. The Bertz CT molecular complexity index is 1200. The average molecular weight is 523 g/mol. The third-order valence-electron chi connectivity index (χ3n) is 5.66. The van der Waals surface area contributed by atoms with Gasteiger partial charge in [0, 0.05) is 67.9 Å². The summed E-state index contributed by atoms with van der Waals surface area (Å²) in [6, 6.07) is 18.6. The number of carboxylic acid groups (broad SMARTS) is 2. The molecule has 1 saturated heterocycles. The minimum atomic E-state index is -1.26. The molecule has 2 N–H and O–H groups in total. The van der Waals surface area contributed by atoms with Gasteiger partial charge >= 0.3 is 11.9 Å². The third kappa shape index (κ3) is 9.62. The average Bonchev–Trinajstić information content (AvgIpc) is 2.91. The Morgan fingerprint density at radius 2 is 1.58 bits per heavy atom. The van der Waals surface area contributed by atoms with Crippen molar-refractivity contribution in [1.82, 2.24) is 14.9 Å². The van der Waals surface area contributed by atoms with E-state index in [0.29, 0.717) is 30.5 Å². The van der Waals surface area contributed by atoms with Gasteiger partial charge in [-0.1, -0.05) is 18.2 Å². The minimum Gasteiger partial charge on any atom is -0.478 e. The molecule has 0 bridgehead atoms. The zero-order valence-electron chi connectivity index (χ0n) is 21.2. The van der Waals surface area contributed by atoms with Crippen LogP contribution in [0.1, 0.15) is 12.1 Å². The van der Waals surface area contributed by atoms with Crippen LogP contribution in [0.15, 0.2) is 72.8 Å². The first-order valence-electron chi connectivity index (χ1n) is 12.2. The van der Waals surface area contributed by atoms with Crippen molar-refractivity contribution in [3.05, 3.63) is 84.3 Å². The molecule has 3 aromatic rings. The number of halogens is 1. The van der Waals surface area contributed by atoms with E-state index in [1.54, 1.807) is 12.1 Å². The number of carbonyl (C=O) groups is 2. The topological polar surface area (TPSA) is 116 Å². The Labute approximate surface area is 220 Å². The number of hydrogen-bond donors (Lipinski definition) is 2. The van der Waals surface area contributed by atoms with Gasteiger partial charge in [0.05, 0.1) is 6.61 Å². The maximum absolute atomic E-state index is 13.2. The first-order valence-corrected chi connectivity index (χ1v) is 12.2. The summed E-state index contributed by atoms with van der Waals surface area (Å²) in [6.07, 6.45) is 2.06. The number of anilines is 1. The number of benzene rings is 2. The standard InChI is InChI=1S/C24H27FN4O.C4H4O4/c1-19-18-23(27-24(26-19)20-8-10-21(25)11-9-20)30-17-5-12-28-13-15-29(16-14-28)22-6-3-2-4-7-22;5-3(6)1-2-4(7)8/h2-4,6-11,18H,5,12-17H2,1H3;1-2H,(H,5,6)(H,7,8)/b;2-1-. The molecule has 4 rings (SSSR count). The first-order chi connectivity index (χ1) is 18.3. The summed E-state index contributed by atoms with van der Waals surface area (Å²) in [5.41, 5.74) is 2.91. The molecule has 0 atom stereocenters. The number of hydrogen-bond acceptors (Lipinski definition) is 7. The summed E-state index contributed by atoms with van der Waals surface area (Å²) in [5.74, 6) is -1.66. The van der Waals surface area contributed by atoms with Crippen LogP contribution in [-0.2, 0) is 9.59 Å². The summed E-state index contributed by atoms with van der Waals surface area (Å²) in [6.45, 7) is 7.77. The van der Waals surface area contributed by atoms with Crippen LogP contribution in [0, 0.1) is 12.7 Å². The molecular formula is C28H31FN4O5. The molecule has 0 radical (unpaired) electrons. The van der Waals surface area contributed by atoms with Gasteiger partial charge in [-0.2, -0.15) is 4.98 Å². The molecule has 0 unspecified atom stereocenters. The van der Waals surface area contributed by atoms with Crippen LogP contribution in [0.5, 0.6) is 5.88 Å². The highest BCUT2D eigenvalue weighted by atomic mass is 19.1. The summed E-state index contributed by atoms with van der Waals surface area (Å²) >= 11 is 0. The zero-order chi connectivity index (χ0) is 27.3. The second-order valence-electron chi connectivity index (χ2n) is 8.55. The SMILES string of the molecule is Cc1cc(OCCCN2CCN(c3ccccc3)CC2)nc(-c2ccc(F)cc2)n1.O=C(O)/C=C\C(=O)O. The van der Waals surface area contributed by atoms with Gasteiger partial charge in [-0.15, -0.1) is 0 Å². The number of aryl methyl sites for hydroxylation is 1. The normalized spacial score (nSPS) is 13.6. The van der Waals surface area contributed by atoms with E-state index in [4.69, 9.17) is 14.9 Å². The van der Waals surface area contributed by atoms with Crippen LogP contribution in [0.2, 0.25) is 0 Å². The molecular weight excluding hydrogens is 491 g/mol. The predicted molar refractivity (Wildman–Crippen MR) is 142 cm³/mol. The van der Waals surface area contributed by atoms with Gasteiger partial charge in [0.2, 0.25) is 5.88 Å². The van der Waals surface area contributed by atoms with E-state index in [-0.39, 0.29) is 5.82 Å². The lowest BCUT2D eigenvalue weighted by Crippen LogP contribution is -2.46. The maximum atomic E-state index is 13.2. The largest absolute Gasteiger partial charge is 0.478 e. The molecule has 10 heteroatoms. The second kappa shape index (κ2) is 14.4. The van der Waals surface area contributed by atoms with Crippen molar-refractivity contribution in [3.63, 3.8) is 0 Å². The molecule has 2 heterocycles. The highest BCUT2D eigenvalue weighted by Crippen LogP contribution is 2.20. The van der Waals surface area contributed by atoms with Gasteiger partial charge in [-0.25, -0.2) is 19.0 Å². The number of nitrogens with zero attached hydrogens (tertiary/aromatic N) is 4. The van der Waals surface area contributed by atoms with Crippen LogP contribution in [0.3, 0.4) is 0 Å². The number of aliphatic carboxylic acids is 2. The van der Waals surface area contributed by atoms with Gasteiger partial charge in [-0.3, -0.25) is 4.90 Å². The fourth-order valence-electron chi connectivity index (χ4n) is 3.82. The molecule has 0 aliphatic carbocycles. The van der Waals surface area contributed by atoms with Crippen molar-refractivity contribution in [3.8, 4) is 17.3 Å². The van der Waals surface area contributed by atoms with Crippen molar-refractivity contribution >= 4 is 17.6 Å². The maximum Gasteiger partial charge on any atom is 0.328 e. The second-order valence-corrected chi connectivity index (χ2v) is 8.55. The summed E-state index contributed by atoms with van der Waals surface area (Å²) in [5, 5.41) is 15.6. The van der Waals surface area contributed by atoms with E-state index >= 15 is 0 Å². The fraction of sp³-hybridized carbons (Fsp3) is 0.286. The van der Waals surface area contributed by atoms with Crippen LogP contribution < -0.4 is 9.64 Å². The zero-order valence-corrected chi connectivity index (χ0v) is 21.2. The number of carboxylic acids is 2. The smallest absolute Gasteiger partial charge is 0.328 e. The van der Waals surface area contributed by atoms with Crippen molar-refractivity contribution in [2.24, 2.45) is 0 Å². The Morgan fingerprint density at radius 1 is 0.947 bits per heavy atom.